The minimum atomic E-state index is 0.701. The van der Waals surface area contributed by atoms with E-state index in [4.69, 9.17) is 9.47 Å². The Morgan fingerprint density at radius 3 is 2.81 bits per heavy atom. The van der Waals surface area contributed by atoms with Crippen molar-refractivity contribution in [1.29, 1.82) is 0 Å². The third kappa shape index (κ3) is 6.43. The first-order chi connectivity index (χ1) is 7.83. The maximum Gasteiger partial charge on any atom is 0.0700 e. The molecular formula is C12H26N2O2. The van der Waals surface area contributed by atoms with Gasteiger partial charge in [0.25, 0.3) is 0 Å². The molecule has 1 N–H and O–H groups in total. The number of methoxy groups -OCH3 is 1. The Kier molecular flexibility index (Phi) is 7.76. The zero-order valence-electron chi connectivity index (χ0n) is 10.7. The molecule has 1 aliphatic rings. The first-order valence-electron chi connectivity index (χ1n) is 6.31. The van der Waals surface area contributed by atoms with Gasteiger partial charge in [0.2, 0.25) is 0 Å². The van der Waals surface area contributed by atoms with E-state index >= 15 is 0 Å². The molecule has 1 saturated heterocycles. The minimum absolute atomic E-state index is 0.701. The van der Waals surface area contributed by atoms with Gasteiger partial charge in [0.15, 0.2) is 0 Å². The van der Waals surface area contributed by atoms with Gasteiger partial charge in [0.05, 0.1) is 13.2 Å². The van der Waals surface area contributed by atoms with E-state index in [9.17, 15) is 0 Å². The number of unbranched alkanes of at least 4 members (excludes halogenated alkanes) is 1. The third-order valence-corrected chi connectivity index (χ3v) is 2.97. The summed E-state index contributed by atoms with van der Waals surface area (Å²) in [5.41, 5.74) is 0. The van der Waals surface area contributed by atoms with Crippen molar-refractivity contribution in [2.75, 3.05) is 53.6 Å². The fraction of sp³-hybridized carbons (Fsp3) is 1.00. The molecular weight excluding hydrogens is 204 g/mol. The second-order valence-corrected chi connectivity index (χ2v) is 4.51. The normalized spacial score (nSPS) is 21.8. The van der Waals surface area contributed by atoms with E-state index in [1.165, 1.54) is 25.9 Å². The zero-order chi connectivity index (χ0) is 11.6. The van der Waals surface area contributed by atoms with Crippen LogP contribution in [-0.2, 0) is 9.47 Å². The molecule has 4 nitrogen and oxygen atoms in total. The van der Waals surface area contributed by atoms with Crippen LogP contribution in [-0.4, -0.2) is 64.6 Å². The average molecular weight is 230 g/mol. The number of hydrogen-bond donors (Lipinski definition) is 1. The summed E-state index contributed by atoms with van der Waals surface area (Å²) in [7, 11) is 3.89. The number of nitrogens with one attached hydrogen (secondary N) is 1. The molecule has 1 unspecified atom stereocenters. The highest BCUT2D eigenvalue weighted by Crippen LogP contribution is 2.05. The molecule has 1 heterocycles. The Morgan fingerprint density at radius 1 is 1.25 bits per heavy atom. The topological polar surface area (TPSA) is 33.7 Å². The van der Waals surface area contributed by atoms with E-state index in [0.29, 0.717) is 12.6 Å². The molecule has 0 amide bonds. The highest BCUT2D eigenvalue weighted by Gasteiger charge is 2.17. The van der Waals surface area contributed by atoms with Gasteiger partial charge < -0.3 is 19.7 Å². The van der Waals surface area contributed by atoms with Gasteiger partial charge in [-0.1, -0.05) is 0 Å². The molecule has 1 aliphatic heterocycles. The zero-order valence-corrected chi connectivity index (χ0v) is 10.7. The van der Waals surface area contributed by atoms with Crippen LogP contribution in [0.1, 0.15) is 19.3 Å². The fourth-order valence-electron chi connectivity index (χ4n) is 1.98. The monoisotopic (exact) mass is 230 g/mol. The van der Waals surface area contributed by atoms with Crippen LogP contribution in [0.5, 0.6) is 0 Å². The molecule has 1 rings (SSSR count). The number of rotatable bonds is 9. The molecule has 1 fully saturated rings. The van der Waals surface area contributed by atoms with Crippen LogP contribution in [0.15, 0.2) is 0 Å². The molecule has 0 aromatic heterocycles. The fourth-order valence-corrected chi connectivity index (χ4v) is 1.98. The van der Waals surface area contributed by atoms with Gasteiger partial charge in [-0.25, -0.2) is 0 Å². The highest BCUT2D eigenvalue weighted by molar-refractivity contribution is 4.78. The smallest absolute Gasteiger partial charge is 0.0700 e. The second kappa shape index (κ2) is 8.93. The van der Waals surface area contributed by atoms with Crippen molar-refractivity contribution in [2.24, 2.45) is 0 Å². The molecule has 0 bridgehead atoms. The van der Waals surface area contributed by atoms with E-state index in [1.807, 2.05) is 0 Å². The standard InChI is InChI=1S/C12H26N2O2/c1-14-7-5-12(11-14)13-6-3-4-8-16-10-9-15-2/h12-13H,3-11H2,1-2H3. The first kappa shape index (κ1) is 13.9. The summed E-state index contributed by atoms with van der Waals surface area (Å²) < 4.78 is 10.3. The Hall–Kier alpha value is -0.160. The Bertz CT molecular complexity index is 167. The van der Waals surface area contributed by atoms with Crippen molar-refractivity contribution >= 4 is 0 Å². The lowest BCUT2D eigenvalue weighted by Crippen LogP contribution is -2.32. The number of ether oxygens (including phenoxy) is 2. The van der Waals surface area contributed by atoms with Crippen molar-refractivity contribution in [3.63, 3.8) is 0 Å². The summed E-state index contributed by atoms with van der Waals surface area (Å²) in [6.45, 7) is 5.83. The van der Waals surface area contributed by atoms with Crippen LogP contribution in [0.25, 0.3) is 0 Å². The predicted molar refractivity (Wildman–Crippen MR) is 65.8 cm³/mol. The Labute approximate surface area is 99.3 Å². The maximum absolute atomic E-state index is 5.40. The summed E-state index contributed by atoms with van der Waals surface area (Å²) in [6.07, 6.45) is 3.63. The van der Waals surface area contributed by atoms with Crippen molar-refractivity contribution in [1.82, 2.24) is 10.2 Å². The molecule has 1 atom stereocenters. The van der Waals surface area contributed by atoms with Crippen molar-refractivity contribution in [2.45, 2.75) is 25.3 Å². The minimum Gasteiger partial charge on any atom is -0.382 e. The average Bonchev–Trinajstić information content (AvgIpc) is 2.68. The third-order valence-electron chi connectivity index (χ3n) is 2.97. The summed E-state index contributed by atoms with van der Waals surface area (Å²) in [5.74, 6) is 0. The summed E-state index contributed by atoms with van der Waals surface area (Å²) in [5, 5.41) is 3.59. The number of nitrogens with zero attached hydrogens (tertiary/aromatic N) is 1. The van der Waals surface area contributed by atoms with Crippen LogP contribution in [0, 0.1) is 0 Å². The lowest BCUT2D eigenvalue weighted by Gasteiger charge is -2.12. The molecule has 0 radical (unpaired) electrons. The van der Waals surface area contributed by atoms with Gasteiger partial charge in [-0.05, 0) is 39.4 Å². The molecule has 0 aliphatic carbocycles. The van der Waals surface area contributed by atoms with Crippen LogP contribution in [0.3, 0.4) is 0 Å². The van der Waals surface area contributed by atoms with Crippen molar-refractivity contribution in [3.05, 3.63) is 0 Å². The van der Waals surface area contributed by atoms with Gasteiger partial charge in [-0.2, -0.15) is 0 Å². The predicted octanol–water partition coefficient (Wildman–Crippen LogP) is 0.723. The molecule has 0 aromatic rings. The van der Waals surface area contributed by atoms with E-state index < -0.39 is 0 Å². The molecule has 16 heavy (non-hydrogen) atoms. The first-order valence-corrected chi connectivity index (χ1v) is 6.31. The van der Waals surface area contributed by atoms with Crippen LogP contribution < -0.4 is 5.32 Å². The van der Waals surface area contributed by atoms with Crippen molar-refractivity contribution < 1.29 is 9.47 Å². The van der Waals surface area contributed by atoms with E-state index in [2.05, 4.69) is 17.3 Å². The largest absolute Gasteiger partial charge is 0.382 e. The van der Waals surface area contributed by atoms with Crippen molar-refractivity contribution in [3.8, 4) is 0 Å². The lowest BCUT2D eigenvalue weighted by atomic mass is 10.2. The summed E-state index contributed by atoms with van der Waals surface area (Å²) in [4.78, 5) is 2.38. The van der Waals surface area contributed by atoms with E-state index in [0.717, 1.165) is 26.2 Å². The SMILES string of the molecule is COCCOCCCCNC1CCN(C)C1. The quantitative estimate of drug-likeness (QED) is 0.592. The maximum atomic E-state index is 5.40. The van der Waals surface area contributed by atoms with Crippen LogP contribution in [0.2, 0.25) is 0 Å². The van der Waals surface area contributed by atoms with Crippen LogP contribution in [0.4, 0.5) is 0 Å². The molecule has 4 heteroatoms. The van der Waals surface area contributed by atoms with E-state index in [-0.39, 0.29) is 0 Å². The molecule has 0 spiro atoms. The Balaban J connectivity index is 1.78. The molecule has 0 saturated carbocycles. The van der Waals surface area contributed by atoms with Gasteiger partial charge in [-0.15, -0.1) is 0 Å². The number of hydrogen-bond acceptors (Lipinski definition) is 4. The lowest BCUT2D eigenvalue weighted by molar-refractivity contribution is 0.0687. The summed E-state index contributed by atoms with van der Waals surface area (Å²) >= 11 is 0. The van der Waals surface area contributed by atoms with Gasteiger partial charge in [-0.3, -0.25) is 0 Å². The number of likely N-dealkylation sites (tertiary alicyclic amines) is 1. The van der Waals surface area contributed by atoms with Gasteiger partial charge in [0, 0.05) is 26.3 Å². The Morgan fingerprint density at radius 2 is 2.12 bits per heavy atom. The van der Waals surface area contributed by atoms with Gasteiger partial charge in [0.1, 0.15) is 0 Å². The second-order valence-electron chi connectivity index (χ2n) is 4.51. The highest BCUT2D eigenvalue weighted by atomic mass is 16.5. The number of likely N-dealkylation sites (N-methyl/N-ethyl adjacent to an activating group) is 1. The summed E-state index contributed by atoms with van der Waals surface area (Å²) in [6, 6.07) is 0.708. The van der Waals surface area contributed by atoms with Gasteiger partial charge >= 0.3 is 0 Å². The van der Waals surface area contributed by atoms with E-state index in [1.54, 1.807) is 7.11 Å². The molecule has 0 aromatic carbocycles. The van der Waals surface area contributed by atoms with Crippen LogP contribution >= 0.6 is 0 Å². The molecule has 96 valence electrons.